The van der Waals surface area contributed by atoms with E-state index in [9.17, 15) is 19.5 Å². The number of nitrogens with one attached hydrogen (secondary N) is 2. The molecule has 0 bridgehead atoms. The van der Waals surface area contributed by atoms with E-state index in [1.807, 2.05) is 0 Å². The first-order valence-electron chi connectivity index (χ1n) is 5.55. The Balaban J connectivity index is 2.13. The molecule has 0 radical (unpaired) electrons. The van der Waals surface area contributed by atoms with Crippen LogP contribution in [-0.2, 0) is 4.79 Å². The lowest BCUT2D eigenvalue weighted by molar-refractivity contribution is -0.131. The van der Waals surface area contributed by atoms with Crippen LogP contribution < -0.4 is 10.9 Å². The topological polar surface area (TPSA) is 132 Å². The number of aromatic nitrogens is 2. The minimum Gasteiger partial charge on any atom is -0.494 e. The van der Waals surface area contributed by atoms with Crippen LogP contribution in [-0.4, -0.2) is 32.1 Å². The van der Waals surface area contributed by atoms with Crippen molar-refractivity contribution in [2.75, 3.05) is 5.32 Å². The van der Waals surface area contributed by atoms with Crippen LogP contribution in [0.25, 0.3) is 6.08 Å². The lowest BCUT2D eigenvalue weighted by atomic mass is 10.2. The number of carbonyl (C=O) groups is 2. The van der Waals surface area contributed by atoms with Gasteiger partial charge in [0, 0.05) is 29.3 Å². The number of hydrogen-bond acceptors (Lipinski definition) is 6. The van der Waals surface area contributed by atoms with Gasteiger partial charge in [-0.15, -0.1) is 0 Å². The maximum Gasteiger partial charge on any atom is 0.328 e. The molecule has 4 N–H and O–H groups in total. The number of nitrogens with zero attached hydrogens (tertiary/aromatic N) is 1. The average molecular weight is 307 g/mol. The Bertz CT molecular complexity index is 777. The zero-order valence-electron chi connectivity index (χ0n) is 10.4. The van der Waals surface area contributed by atoms with E-state index in [0.29, 0.717) is 4.88 Å². The van der Waals surface area contributed by atoms with E-state index in [1.54, 1.807) is 0 Å². The molecule has 0 aromatic carbocycles. The molecule has 2 rings (SSSR count). The first kappa shape index (κ1) is 14.5. The Labute approximate surface area is 121 Å². The third kappa shape index (κ3) is 4.01. The summed E-state index contributed by atoms with van der Waals surface area (Å²) >= 11 is 1.06. The molecule has 2 aromatic heterocycles. The molecule has 1 amide bonds. The van der Waals surface area contributed by atoms with Gasteiger partial charge in [0.25, 0.3) is 11.5 Å². The molecule has 0 aliphatic carbocycles. The third-order valence-corrected chi connectivity index (χ3v) is 3.10. The molecule has 2 heterocycles. The van der Waals surface area contributed by atoms with Crippen molar-refractivity contribution in [1.29, 1.82) is 0 Å². The fourth-order valence-electron chi connectivity index (χ4n) is 1.40. The zero-order valence-corrected chi connectivity index (χ0v) is 11.2. The number of amides is 1. The van der Waals surface area contributed by atoms with Crippen LogP contribution >= 0.6 is 11.3 Å². The second kappa shape index (κ2) is 6.01. The molecule has 0 aliphatic rings. The lowest BCUT2D eigenvalue weighted by Gasteiger charge is -2.01. The molecule has 0 unspecified atom stereocenters. The Hall–Kier alpha value is -2.94. The third-order valence-electron chi connectivity index (χ3n) is 2.23. The number of aromatic amines is 1. The smallest absolute Gasteiger partial charge is 0.328 e. The normalized spacial score (nSPS) is 10.7. The van der Waals surface area contributed by atoms with Crippen molar-refractivity contribution in [2.24, 2.45) is 0 Å². The summed E-state index contributed by atoms with van der Waals surface area (Å²) in [6.07, 6.45) is 3.69. The van der Waals surface area contributed by atoms with Crippen molar-refractivity contribution < 1.29 is 19.8 Å². The van der Waals surface area contributed by atoms with E-state index in [4.69, 9.17) is 5.11 Å². The summed E-state index contributed by atoms with van der Waals surface area (Å²) in [5.41, 5.74) is -0.626. The van der Waals surface area contributed by atoms with Crippen molar-refractivity contribution in [3.63, 3.8) is 0 Å². The quantitative estimate of drug-likeness (QED) is 0.620. The highest BCUT2D eigenvalue weighted by Crippen LogP contribution is 2.20. The molecule has 9 heteroatoms. The van der Waals surface area contributed by atoms with E-state index in [-0.39, 0.29) is 10.7 Å². The maximum absolute atomic E-state index is 11.9. The summed E-state index contributed by atoms with van der Waals surface area (Å²) in [4.78, 5) is 39.9. The molecular weight excluding hydrogens is 298 g/mol. The number of hydrogen-bond donors (Lipinski definition) is 4. The Morgan fingerprint density at radius 1 is 1.38 bits per heavy atom. The highest BCUT2D eigenvalue weighted by atomic mass is 32.1. The fourth-order valence-corrected chi connectivity index (χ4v) is 2.12. The summed E-state index contributed by atoms with van der Waals surface area (Å²) in [6.45, 7) is 0. The second-order valence-electron chi connectivity index (χ2n) is 3.81. The summed E-state index contributed by atoms with van der Waals surface area (Å²) < 4.78 is 0. The monoisotopic (exact) mass is 307 g/mol. The van der Waals surface area contributed by atoms with Crippen LogP contribution in [0.2, 0.25) is 0 Å². The molecule has 0 saturated heterocycles. The average Bonchev–Trinajstić information content (AvgIpc) is 2.83. The van der Waals surface area contributed by atoms with Crippen LogP contribution in [0.3, 0.4) is 0 Å². The number of thiazole rings is 1. The van der Waals surface area contributed by atoms with Crippen LogP contribution in [0.5, 0.6) is 5.88 Å². The van der Waals surface area contributed by atoms with Gasteiger partial charge >= 0.3 is 5.97 Å². The first-order valence-corrected chi connectivity index (χ1v) is 6.37. The van der Waals surface area contributed by atoms with Crippen LogP contribution in [0, 0.1) is 0 Å². The summed E-state index contributed by atoms with van der Waals surface area (Å²) in [7, 11) is 0. The van der Waals surface area contributed by atoms with Crippen molar-refractivity contribution in [3.8, 4) is 5.88 Å². The number of carbonyl (C=O) groups excluding carboxylic acids is 1. The molecule has 8 nitrogen and oxygen atoms in total. The number of carboxylic acids is 1. The van der Waals surface area contributed by atoms with Gasteiger partial charge in [-0.1, -0.05) is 11.3 Å². The zero-order chi connectivity index (χ0) is 15.4. The number of pyridine rings is 1. The number of H-pyrrole nitrogens is 1. The minimum atomic E-state index is -1.09. The Morgan fingerprint density at radius 3 is 2.81 bits per heavy atom. The number of rotatable bonds is 4. The lowest BCUT2D eigenvalue weighted by Crippen LogP contribution is -2.15. The van der Waals surface area contributed by atoms with Crippen LogP contribution in [0.15, 0.2) is 29.2 Å². The van der Waals surface area contributed by atoms with E-state index in [1.165, 1.54) is 12.3 Å². The summed E-state index contributed by atoms with van der Waals surface area (Å²) in [6, 6.07) is 2.14. The van der Waals surface area contributed by atoms with Gasteiger partial charge in [-0.3, -0.25) is 19.9 Å². The SMILES string of the molecule is O=C(O)C=Cc1cnc(NC(=O)c2cc(O)[nH]c(=O)c2)s1. The number of anilines is 1. The first-order chi connectivity index (χ1) is 9.94. The Morgan fingerprint density at radius 2 is 2.14 bits per heavy atom. The molecular formula is C12H9N3O5S. The Kier molecular flexibility index (Phi) is 4.14. The van der Waals surface area contributed by atoms with Crippen molar-refractivity contribution in [2.45, 2.75) is 0 Å². The van der Waals surface area contributed by atoms with Gasteiger partial charge in [0.15, 0.2) is 11.0 Å². The summed E-state index contributed by atoms with van der Waals surface area (Å²) in [5, 5.41) is 20.4. The van der Waals surface area contributed by atoms with Gasteiger partial charge in [-0.2, -0.15) is 0 Å². The standard InChI is InChI=1S/C12H9N3O5S/c16-8-3-6(4-9(17)14-8)11(20)15-12-13-5-7(21-12)1-2-10(18)19/h1-5H,(H,18,19)(H,13,15,20)(H2,14,16,17). The largest absolute Gasteiger partial charge is 0.494 e. The molecule has 21 heavy (non-hydrogen) atoms. The molecule has 2 aromatic rings. The van der Waals surface area contributed by atoms with E-state index >= 15 is 0 Å². The van der Waals surface area contributed by atoms with E-state index < -0.39 is 23.3 Å². The van der Waals surface area contributed by atoms with Gasteiger partial charge in [-0.25, -0.2) is 9.78 Å². The highest BCUT2D eigenvalue weighted by molar-refractivity contribution is 7.16. The van der Waals surface area contributed by atoms with Gasteiger partial charge in [-0.05, 0) is 6.08 Å². The highest BCUT2D eigenvalue weighted by Gasteiger charge is 2.10. The molecule has 0 aliphatic heterocycles. The van der Waals surface area contributed by atoms with Crippen molar-refractivity contribution in [1.82, 2.24) is 9.97 Å². The van der Waals surface area contributed by atoms with Crippen LogP contribution in [0.1, 0.15) is 15.2 Å². The van der Waals surface area contributed by atoms with Gasteiger partial charge in [0.1, 0.15) is 0 Å². The van der Waals surface area contributed by atoms with Gasteiger partial charge < -0.3 is 10.2 Å². The molecule has 108 valence electrons. The van der Waals surface area contributed by atoms with Crippen molar-refractivity contribution >= 4 is 34.4 Å². The number of aliphatic carboxylic acids is 1. The molecule has 0 spiro atoms. The fraction of sp³-hybridized carbons (Fsp3) is 0. The summed E-state index contributed by atoms with van der Waals surface area (Å²) in [5.74, 6) is -2.12. The molecule has 0 fully saturated rings. The minimum absolute atomic E-state index is 0.0194. The van der Waals surface area contributed by atoms with Gasteiger partial charge in [0.2, 0.25) is 0 Å². The van der Waals surface area contributed by atoms with Crippen molar-refractivity contribution in [3.05, 3.63) is 45.2 Å². The van der Waals surface area contributed by atoms with Gasteiger partial charge in [0.05, 0.1) is 5.56 Å². The predicted octanol–water partition coefficient (Wildman–Crippen LogP) is 0.887. The predicted molar refractivity (Wildman–Crippen MR) is 75.5 cm³/mol. The number of carboxylic acid groups (broad SMARTS) is 1. The molecule has 0 saturated carbocycles. The second-order valence-corrected chi connectivity index (χ2v) is 4.87. The van der Waals surface area contributed by atoms with E-state index in [2.05, 4.69) is 15.3 Å². The molecule has 0 atom stereocenters. The van der Waals surface area contributed by atoms with Crippen LogP contribution in [0.4, 0.5) is 5.13 Å². The van der Waals surface area contributed by atoms with E-state index in [0.717, 1.165) is 29.5 Å². The number of aromatic hydroxyl groups is 1. The maximum atomic E-state index is 11.9.